The fourth-order valence-electron chi connectivity index (χ4n) is 2.16. The first-order valence-corrected chi connectivity index (χ1v) is 5.20. The van der Waals surface area contributed by atoms with Crippen molar-refractivity contribution in [2.24, 2.45) is 0 Å². The van der Waals surface area contributed by atoms with Gasteiger partial charge in [-0.05, 0) is 25.5 Å². The Hall–Kier alpha value is -0.860. The minimum Gasteiger partial charge on any atom is -0.381 e. The summed E-state index contributed by atoms with van der Waals surface area (Å²) in [4.78, 5) is 0. The van der Waals surface area contributed by atoms with Crippen LogP contribution in [0.1, 0.15) is 18.4 Å². The molecule has 0 aromatic heterocycles. The third-order valence-electron chi connectivity index (χ3n) is 3.15. The zero-order valence-corrected chi connectivity index (χ0v) is 8.62. The smallest absolute Gasteiger partial charge is 0.0486 e. The Kier molecular flexibility index (Phi) is 2.85. The van der Waals surface area contributed by atoms with Gasteiger partial charge >= 0.3 is 0 Å². The van der Waals surface area contributed by atoms with Crippen LogP contribution in [0.25, 0.3) is 0 Å². The molecule has 1 aliphatic heterocycles. The lowest BCUT2D eigenvalue weighted by Gasteiger charge is -2.37. The van der Waals surface area contributed by atoms with E-state index in [4.69, 9.17) is 4.74 Å². The van der Waals surface area contributed by atoms with E-state index in [2.05, 4.69) is 35.6 Å². The summed E-state index contributed by atoms with van der Waals surface area (Å²) in [5.41, 5.74) is 1.52. The van der Waals surface area contributed by atoms with E-state index in [1.807, 2.05) is 7.05 Å². The van der Waals surface area contributed by atoms with Gasteiger partial charge in [-0.2, -0.15) is 0 Å². The second-order valence-corrected chi connectivity index (χ2v) is 3.81. The molecule has 14 heavy (non-hydrogen) atoms. The van der Waals surface area contributed by atoms with Crippen molar-refractivity contribution in [1.82, 2.24) is 5.32 Å². The normalized spacial score (nSPS) is 20.6. The molecule has 76 valence electrons. The molecule has 0 atom stereocenters. The monoisotopic (exact) mass is 191 g/mol. The molecule has 0 unspecified atom stereocenters. The number of hydrogen-bond acceptors (Lipinski definition) is 2. The highest BCUT2D eigenvalue weighted by molar-refractivity contribution is 5.24. The lowest BCUT2D eigenvalue weighted by Crippen LogP contribution is -2.44. The molecule has 1 saturated heterocycles. The summed E-state index contributed by atoms with van der Waals surface area (Å²) in [6.45, 7) is 1.71. The number of rotatable bonds is 2. The molecule has 1 fully saturated rings. The van der Waals surface area contributed by atoms with E-state index >= 15 is 0 Å². The fourth-order valence-corrected chi connectivity index (χ4v) is 2.16. The van der Waals surface area contributed by atoms with Crippen molar-refractivity contribution in [1.29, 1.82) is 0 Å². The van der Waals surface area contributed by atoms with Crippen LogP contribution in [-0.4, -0.2) is 20.3 Å². The molecule has 0 radical (unpaired) electrons. The van der Waals surface area contributed by atoms with Crippen LogP contribution in [0.4, 0.5) is 0 Å². The third-order valence-corrected chi connectivity index (χ3v) is 3.15. The summed E-state index contributed by atoms with van der Waals surface area (Å²) in [7, 11) is 2.04. The van der Waals surface area contributed by atoms with Crippen LogP contribution in [0.2, 0.25) is 0 Å². The van der Waals surface area contributed by atoms with Crippen molar-refractivity contribution < 1.29 is 4.74 Å². The van der Waals surface area contributed by atoms with E-state index in [0.717, 1.165) is 26.1 Å². The second-order valence-electron chi connectivity index (χ2n) is 3.81. The zero-order chi connectivity index (χ0) is 9.86. The zero-order valence-electron chi connectivity index (χ0n) is 8.62. The SMILES string of the molecule is CNC1(c2ccccc2)CCOCC1. The largest absolute Gasteiger partial charge is 0.381 e. The van der Waals surface area contributed by atoms with Gasteiger partial charge in [0.2, 0.25) is 0 Å². The Morgan fingerprint density at radius 1 is 1.14 bits per heavy atom. The Balaban J connectivity index is 2.27. The molecule has 0 bridgehead atoms. The Morgan fingerprint density at radius 3 is 2.36 bits per heavy atom. The Morgan fingerprint density at radius 2 is 1.79 bits per heavy atom. The molecule has 1 N–H and O–H groups in total. The van der Waals surface area contributed by atoms with Crippen molar-refractivity contribution in [2.45, 2.75) is 18.4 Å². The maximum absolute atomic E-state index is 5.41. The fraction of sp³-hybridized carbons (Fsp3) is 0.500. The molecule has 2 rings (SSSR count). The van der Waals surface area contributed by atoms with Gasteiger partial charge in [0.25, 0.3) is 0 Å². The van der Waals surface area contributed by atoms with Gasteiger partial charge in [0.05, 0.1) is 0 Å². The topological polar surface area (TPSA) is 21.3 Å². The van der Waals surface area contributed by atoms with Crippen molar-refractivity contribution in [3.8, 4) is 0 Å². The average Bonchev–Trinajstić information content (AvgIpc) is 2.31. The molecule has 1 aromatic carbocycles. The van der Waals surface area contributed by atoms with Crippen molar-refractivity contribution in [3.05, 3.63) is 35.9 Å². The standard InChI is InChI=1S/C12H17NO/c1-13-12(7-9-14-10-8-12)11-5-3-2-4-6-11/h2-6,13H,7-10H2,1H3. The molecule has 2 heteroatoms. The quantitative estimate of drug-likeness (QED) is 0.771. The van der Waals surface area contributed by atoms with E-state index in [0.29, 0.717) is 0 Å². The average molecular weight is 191 g/mol. The van der Waals surface area contributed by atoms with Crippen LogP contribution >= 0.6 is 0 Å². The van der Waals surface area contributed by atoms with Gasteiger partial charge in [-0.3, -0.25) is 0 Å². The minimum atomic E-state index is 0.138. The lowest BCUT2D eigenvalue weighted by molar-refractivity contribution is 0.0398. The van der Waals surface area contributed by atoms with E-state index in [1.165, 1.54) is 5.56 Å². The highest BCUT2D eigenvalue weighted by atomic mass is 16.5. The summed E-state index contributed by atoms with van der Waals surface area (Å²) in [6.07, 6.45) is 2.13. The van der Waals surface area contributed by atoms with Crippen LogP contribution in [0, 0.1) is 0 Å². The maximum atomic E-state index is 5.41. The highest BCUT2D eigenvalue weighted by Gasteiger charge is 2.32. The van der Waals surface area contributed by atoms with Crippen LogP contribution < -0.4 is 5.32 Å². The predicted molar refractivity (Wildman–Crippen MR) is 57.2 cm³/mol. The molecule has 1 aromatic rings. The molecule has 0 saturated carbocycles. The minimum absolute atomic E-state index is 0.138. The number of hydrogen-bond donors (Lipinski definition) is 1. The van der Waals surface area contributed by atoms with Gasteiger partial charge in [-0.25, -0.2) is 0 Å². The molecule has 0 aliphatic carbocycles. The van der Waals surface area contributed by atoms with E-state index < -0.39 is 0 Å². The summed E-state index contributed by atoms with van der Waals surface area (Å²) in [5.74, 6) is 0. The van der Waals surface area contributed by atoms with Gasteiger partial charge < -0.3 is 10.1 Å². The number of ether oxygens (including phenoxy) is 1. The lowest BCUT2D eigenvalue weighted by atomic mass is 9.83. The van der Waals surface area contributed by atoms with Gasteiger partial charge in [0, 0.05) is 18.8 Å². The van der Waals surface area contributed by atoms with Crippen LogP contribution in [0.15, 0.2) is 30.3 Å². The third kappa shape index (κ3) is 1.68. The van der Waals surface area contributed by atoms with Gasteiger partial charge in [0.15, 0.2) is 0 Å². The maximum Gasteiger partial charge on any atom is 0.0486 e. The number of nitrogens with one attached hydrogen (secondary N) is 1. The van der Waals surface area contributed by atoms with E-state index in [1.54, 1.807) is 0 Å². The van der Waals surface area contributed by atoms with Crippen LogP contribution in [0.5, 0.6) is 0 Å². The van der Waals surface area contributed by atoms with Crippen molar-refractivity contribution in [3.63, 3.8) is 0 Å². The van der Waals surface area contributed by atoms with Crippen LogP contribution in [-0.2, 0) is 10.3 Å². The molecular formula is C12H17NO. The first-order chi connectivity index (χ1) is 6.87. The van der Waals surface area contributed by atoms with Gasteiger partial charge in [-0.15, -0.1) is 0 Å². The summed E-state index contributed by atoms with van der Waals surface area (Å²) in [5, 5.41) is 3.45. The van der Waals surface area contributed by atoms with E-state index in [9.17, 15) is 0 Å². The second kappa shape index (κ2) is 4.11. The Bertz CT molecular complexity index is 278. The van der Waals surface area contributed by atoms with E-state index in [-0.39, 0.29) is 5.54 Å². The summed E-state index contributed by atoms with van der Waals surface area (Å²) < 4.78 is 5.41. The predicted octanol–water partition coefficient (Wildman–Crippen LogP) is 1.91. The van der Waals surface area contributed by atoms with Crippen molar-refractivity contribution >= 4 is 0 Å². The molecule has 0 spiro atoms. The van der Waals surface area contributed by atoms with Gasteiger partial charge in [0.1, 0.15) is 0 Å². The molecule has 1 heterocycles. The first-order valence-electron chi connectivity index (χ1n) is 5.20. The van der Waals surface area contributed by atoms with Gasteiger partial charge in [-0.1, -0.05) is 30.3 Å². The van der Waals surface area contributed by atoms with Crippen molar-refractivity contribution in [2.75, 3.05) is 20.3 Å². The molecular weight excluding hydrogens is 174 g/mol. The summed E-state index contributed by atoms with van der Waals surface area (Å²) in [6, 6.07) is 10.7. The highest BCUT2D eigenvalue weighted by Crippen LogP contribution is 2.31. The Labute approximate surface area is 85.3 Å². The summed E-state index contributed by atoms with van der Waals surface area (Å²) >= 11 is 0. The molecule has 1 aliphatic rings. The molecule has 0 amide bonds. The van der Waals surface area contributed by atoms with Crippen LogP contribution in [0.3, 0.4) is 0 Å². The number of benzene rings is 1. The molecule has 2 nitrogen and oxygen atoms in total. The first kappa shape index (κ1) is 9.69.